The Morgan fingerprint density at radius 1 is 1.12 bits per heavy atom. The molecule has 8 nitrogen and oxygen atoms in total. The summed E-state index contributed by atoms with van der Waals surface area (Å²) in [6, 6.07) is 3.24. The minimum Gasteiger partial charge on any atom is -0.493 e. The summed E-state index contributed by atoms with van der Waals surface area (Å²) in [5.74, 6) is 0.715. The molecule has 2 aliphatic rings. The topological polar surface area (TPSA) is 91.7 Å². The number of carbonyl (C=O) groups excluding carboxylic acids is 1. The van der Waals surface area contributed by atoms with E-state index in [0.29, 0.717) is 35.6 Å². The molecule has 0 amide bonds. The maximum atomic E-state index is 13.2. The molecule has 0 bridgehead atoms. The van der Waals surface area contributed by atoms with E-state index in [9.17, 15) is 15.2 Å². The number of hydrogen-bond acceptors (Lipinski definition) is 8. The number of methoxy groups -OCH3 is 2. The van der Waals surface area contributed by atoms with Crippen molar-refractivity contribution in [2.24, 2.45) is 0 Å². The molecule has 10 heteroatoms. The molecule has 2 heterocycles. The van der Waals surface area contributed by atoms with Gasteiger partial charge in [0.1, 0.15) is 0 Å². The third-order valence-electron chi connectivity index (χ3n) is 4.96. The Labute approximate surface area is 196 Å². The van der Waals surface area contributed by atoms with E-state index >= 15 is 0 Å². The molecule has 1 aromatic carbocycles. The van der Waals surface area contributed by atoms with Gasteiger partial charge in [0.2, 0.25) is 5.75 Å². The largest absolute Gasteiger partial charge is 0.493 e. The fraction of sp³-hybridized carbons (Fsp3) is 0.318. The van der Waals surface area contributed by atoms with E-state index in [1.54, 1.807) is 24.4 Å². The number of carbonyl (C=O) groups is 1. The molecule has 2 N–H and O–H groups in total. The molecule has 2 aliphatic heterocycles. The van der Waals surface area contributed by atoms with Crippen LogP contribution in [0.25, 0.3) is 0 Å². The zero-order valence-corrected chi connectivity index (χ0v) is 19.2. The van der Waals surface area contributed by atoms with Crippen LogP contribution in [0.2, 0.25) is 0 Å². The van der Waals surface area contributed by atoms with Crippen molar-refractivity contribution in [1.29, 1.82) is 0 Å². The van der Waals surface area contributed by atoms with E-state index in [4.69, 9.17) is 37.4 Å². The van der Waals surface area contributed by atoms with Gasteiger partial charge in [-0.1, -0.05) is 29.3 Å². The first-order valence-corrected chi connectivity index (χ1v) is 10.5. The maximum Gasteiger partial charge on any atom is 0.204 e. The zero-order valence-electron chi connectivity index (χ0n) is 17.7. The number of hydroxylamine groups is 4. The van der Waals surface area contributed by atoms with Crippen molar-refractivity contribution in [3.8, 4) is 17.2 Å². The fourth-order valence-corrected chi connectivity index (χ4v) is 3.93. The highest BCUT2D eigenvalue weighted by atomic mass is 35.5. The lowest BCUT2D eigenvalue weighted by Crippen LogP contribution is -2.20. The Morgan fingerprint density at radius 3 is 2.53 bits per heavy atom. The summed E-state index contributed by atoms with van der Waals surface area (Å²) in [7, 11) is 2.97. The summed E-state index contributed by atoms with van der Waals surface area (Å²) >= 11 is 12.4. The molecule has 32 heavy (non-hydrogen) atoms. The van der Waals surface area contributed by atoms with Crippen LogP contribution in [-0.4, -0.2) is 60.2 Å². The fourth-order valence-electron chi connectivity index (χ4n) is 3.30. The van der Waals surface area contributed by atoms with Crippen LogP contribution < -0.4 is 14.2 Å². The van der Waals surface area contributed by atoms with Gasteiger partial charge in [-0.2, -0.15) is 0 Å². The number of nitrogens with zero attached hydrogens (tertiary/aromatic N) is 2. The van der Waals surface area contributed by atoms with E-state index in [-0.39, 0.29) is 41.2 Å². The maximum absolute atomic E-state index is 13.2. The van der Waals surface area contributed by atoms with E-state index in [1.807, 2.05) is 6.08 Å². The van der Waals surface area contributed by atoms with Crippen molar-refractivity contribution in [2.75, 3.05) is 33.9 Å². The second-order valence-electron chi connectivity index (χ2n) is 7.05. The first kappa shape index (κ1) is 24.0. The van der Waals surface area contributed by atoms with Crippen LogP contribution in [0.15, 0.2) is 57.9 Å². The Morgan fingerprint density at radius 2 is 1.91 bits per heavy atom. The number of hydrogen-bond donors (Lipinski definition) is 2. The van der Waals surface area contributed by atoms with Crippen LogP contribution in [-0.2, 0) is 0 Å². The highest BCUT2D eigenvalue weighted by molar-refractivity contribution is 6.36. The van der Waals surface area contributed by atoms with Gasteiger partial charge in [0.25, 0.3) is 0 Å². The number of Topliss-reactive ketones (excluding diaryl/α,β-unsaturated/α-hetero) is 1. The smallest absolute Gasteiger partial charge is 0.204 e. The van der Waals surface area contributed by atoms with Crippen molar-refractivity contribution in [2.45, 2.75) is 12.8 Å². The Bertz CT molecular complexity index is 1000. The van der Waals surface area contributed by atoms with Gasteiger partial charge in [-0.05, 0) is 29.4 Å². The third kappa shape index (κ3) is 5.58. The van der Waals surface area contributed by atoms with Crippen LogP contribution >= 0.6 is 23.2 Å². The number of ketones is 1. The molecule has 3 rings (SSSR count). The summed E-state index contributed by atoms with van der Waals surface area (Å²) in [5, 5.41) is 21.4. The Kier molecular flexibility index (Phi) is 8.09. The van der Waals surface area contributed by atoms with Gasteiger partial charge in [0.15, 0.2) is 17.3 Å². The third-order valence-corrected chi connectivity index (χ3v) is 5.63. The molecule has 0 saturated carbocycles. The SMILES string of the molecule is COc1ccc(C(=O)CC2=C(Cl)CN(O)C=C2Cl)c(OCCC2=CCN(O)C=C2)c1OC. The standard InChI is InChI=1S/C22H24Cl2N2O6/c1-30-20-4-3-15(19(27)11-16-17(23)12-26(29)13-18(16)24)21(22(20)31-2)32-10-7-14-5-8-25(28)9-6-14/h3-6,8,12,28-29H,7,9-11,13H2,1-2H3. The Balaban J connectivity index is 1.83. The molecule has 1 aromatic rings. The molecule has 172 valence electrons. The highest BCUT2D eigenvalue weighted by Crippen LogP contribution is 2.41. The zero-order chi connectivity index (χ0) is 23.3. The number of ether oxygens (including phenoxy) is 3. The van der Waals surface area contributed by atoms with Crippen LogP contribution in [0, 0.1) is 0 Å². The lowest BCUT2D eigenvalue weighted by atomic mass is 10.00. The van der Waals surface area contributed by atoms with E-state index in [2.05, 4.69) is 0 Å². The van der Waals surface area contributed by atoms with E-state index in [0.717, 1.165) is 15.7 Å². The number of halogens is 2. The van der Waals surface area contributed by atoms with Crippen LogP contribution in [0.4, 0.5) is 0 Å². The molecule has 0 aromatic heterocycles. The van der Waals surface area contributed by atoms with Gasteiger partial charge >= 0.3 is 0 Å². The normalized spacial score (nSPS) is 16.1. The molecular formula is C22H24Cl2N2O6. The van der Waals surface area contributed by atoms with Gasteiger partial charge in [0.05, 0.1) is 44.5 Å². The molecule has 0 fully saturated rings. The first-order valence-electron chi connectivity index (χ1n) is 9.78. The van der Waals surface area contributed by atoms with Crippen LogP contribution in [0.5, 0.6) is 17.2 Å². The van der Waals surface area contributed by atoms with Crippen molar-refractivity contribution in [3.63, 3.8) is 0 Å². The quantitative estimate of drug-likeness (QED) is 0.498. The molecule has 0 unspecified atom stereocenters. The summed E-state index contributed by atoms with van der Waals surface area (Å²) in [5.41, 5.74) is 1.73. The van der Waals surface area contributed by atoms with Crippen molar-refractivity contribution < 1.29 is 29.4 Å². The van der Waals surface area contributed by atoms with Gasteiger partial charge in [0, 0.05) is 30.3 Å². The molecule has 0 spiro atoms. The van der Waals surface area contributed by atoms with Gasteiger partial charge in [-0.15, -0.1) is 0 Å². The summed E-state index contributed by atoms with van der Waals surface area (Å²) in [6.07, 6.45) is 7.04. The lowest BCUT2D eigenvalue weighted by Gasteiger charge is -2.22. The average Bonchev–Trinajstić information content (AvgIpc) is 2.76. The van der Waals surface area contributed by atoms with Gasteiger partial charge in [-0.3, -0.25) is 25.3 Å². The van der Waals surface area contributed by atoms with Crippen molar-refractivity contribution >= 4 is 29.0 Å². The van der Waals surface area contributed by atoms with E-state index < -0.39 is 0 Å². The summed E-state index contributed by atoms with van der Waals surface area (Å²) in [6.45, 7) is 0.714. The number of benzene rings is 1. The second kappa shape index (κ2) is 10.8. The van der Waals surface area contributed by atoms with Crippen molar-refractivity contribution in [3.05, 3.63) is 63.5 Å². The van der Waals surface area contributed by atoms with Crippen LogP contribution in [0.1, 0.15) is 23.2 Å². The monoisotopic (exact) mass is 482 g/mol. The molecule has 0 atom stereocenters. The Hall–Kier alpha value is -2.65. The number of allylic oxidation sites excluding steroid dienone is 3. The van der Waals surface area contributed by atoms with Gasteiger partial charge in [-0.25, -0.2) is 0 Å². The minimum atomic E-state index is -0.278. The molecular weight excluding hydrogens is 459 g/mol. The van der Waals surface area contributed by atoms with Crippen LogP contribution in [0.3, 0.4) is 0 Å². The highest BCUT2D eigenvalue weighted by Gasteiger charge is 2.25. The lowest BCUT2D eigenvalue weighted by molar-refractivity contribution is -0.0321. The van der Waals surface area contributed by atoms with E-state index in [1.165, 1.54) is 20.4 Å². The molecule has 0 saturated heterocycles. The summed E-state index contributed by atoms with van der Waals surface area (Å²) < 4.78 is 16.8. The second-order valence-corrected chi connectivity index (χ2v) is 7.91. The first-order chi connectivity index (χ1) is 15.3. The molecule has 0 aliphatic carbocycles. The summed E-state index contributed by atoms with van der Waals surface area (Å²) in [4.78, 5) is 13.2. The van der Waals surface area contributed by atoms with Gasteiger partial charge < -0.3 is 14.2 Å². The van der Waals surface area contributed by atoms with Crippen molar-refractivity contribution in [1.82, 2.24) is 10.1 Å². The predicted octanol–water partition coefficient (Wildman–Crippen LogP) is 4.47. The average molecular weight is 483 g/mol. The minimum absolute atomic E-state index is 0.0452. The molecule has 0 radical (unpaired) electrons. The predicted molar refractivity (Wildman–Crippen MR) is 120 cm³/mol. The number of rotatable bonds is 9.